The van der Waals surface area contributed by atoms with Crippen LogP contribution in [0.15, 0.2) is 24.3 Å². The Hall–Kier alpha value is -1.55. The number of piperidine rings is 1. The van der Waals surface area contributed by atoms with E-state index in [0.29, 0.717) is 23.7 Å². The van der Waals surface area contributed by atoms with Gasteiger partial charge >= 0.3 is 0 Å². The number of amides is 2. The van der Waals surface area contributed by atoms with Crippen LogP contribution >= 0.6 is 11.6 Å². The van der Waals surface area contributed by atoms with E-state index in [1.165, 1.54) is 0 Å². The van der Waals surface area contributed by atoms with Crippen LogP contribution in [0.3, 0.4) is 0 Å². The Morgan fingerprint density at radius 2 is 2.00 bits per heavy atom. The maximum Gasteiger partial charge on any atom is 0.253 e. The summed E-state index contributed by atoms with van der Waals surface area (Å²) in [5, 5.41) is 0.616. The van der Waals surface area contributed by atoms with Crippen LogP contribution in [0.25, 0.3) is 0 Å². The number of halogens is 1. The molecular formula is C18H25ClN2O2. The van der Waals surface area contributed by atoms with Gasteiger partial charge in [0, 0.05) is 37.3 Å². The molecule has 126 valence electrons. The maximum absolute atomic E-state index is 12.6. The normalized spacial score (nSPS) is 17.9. The summed E-state index contributed by atoms with van der Waals surface area (Å²) in [7, 11) is 1.86. The fourth-order valence-corrected chi connectivity index (χ4v) is 3.08. The molecule has 1 unspecified atom stereocenters. The van der Waals surface area contributed by atoms with Crippen LogP contribution in [-0.4, -0.2) is 48.3 Å². The topological polar surface area (TPSA) is 40.6 Å². The van der Waals surface area contributed by atoms with Crippen molar-refractivity contribution in [1.82, 2.24) is 9.80 Å². The second-order valence-electron chi connectivity index (χ2n) is 6.21. The van der Waals surface area contributed by atoms with Crippen molar-refractivity contribution in [1.29, 1.82) is 0 Å². The fraction of sp³-hybridized carbons (Fsp3) is 0.556. The van der Waals surface area contributed by atoms with Crippen molar-refractivity contribution in [2.45, 2.75) is 32.6 Å². The number of unbranched alkanes of at least 4 members (excludes halogenated alkanes) is 1. The van der Waals surface area contributed by atoms with Crippen molar-refractivity contribution >= 4 is 23.4 Å². The summed E-state index contributed by atoms with van der Waals surface area (Å²) < 4.78 is 0. The van der Waals surface area contributed by atoms with Gasteiger partial charge in [-0.25, -0.2) is 0 Å². The van der Waals surface area contributed by atoms with Crippen molar-refractivity contribution < 1.29 is 9.59 Å². The smallest absolute Gasteiger partial charge is 0.253 e. The molecule has 1 aliphatic heterocycles. The van der Waals surface area contributed by atoms with Crippen LogP contribution in [0, 0.1) is 5.92 Å². The van der Waals surface area contributed by atoms with Gasteiger partial charge in [0.25, 0.3) is 5.91 Å². The Kier molecular flexibility index (Phi) is 6.46. The number of carbonyl (C=O) groups excluding carboxylic acids is 2. The zero-order chi connectivity index (χ0) is 16.8. The Labute approximate surface area is 143 Å². The van der Waals surface area contributed by atoms with E-state index in [4.69, 9.17) is 11.6 Å². The molecule has 1 aromatic rings. The van der Waals surface area contributed by atoms with E-state index < -0.39 is 0 Å². The molecule has 0 N–H and O–H groups in total. The van der Waals surface area contributed by atoms with E-state index in [1.807, 2.05) is 11.9 Å². The predicted molar refractivity (Wildman–Crippen MR) is 92.6 cm³/mol. The molecule has 0 radical (unpaired) electrons. The standard InChI is InChI=1S/C18H25ClN2O2/c1-3-4-11-20(2)17(22)15-6-5-12-21(13-15)18(23)14-7-9-16(19)10-8-14/h7-10,15H,3-6,11-13H2,1-2H3. The Morgan fingerprint density at radius 1 is 1.30 bits per heavy atom. The highest BCUT2D eigenvalue weighted by Gasteiger charge is 2.30. The van der Waals surface area contributed by atoms with Crippen molar-refractivity contribution in [3.05, 3.63) is 34.9 Å². The molecule has 2 rings (SSSR count). The third-order valence-corrected chi connectivity index (χ3v) is 4.62. The molecule has 1 aromatic carbocycles. The number of nitrogens with zero attached hydrogens (tertiary/aromatic N) is 2. The van der Waals surface area contributed by atoms with Gasteiger partial charge in [0.15, 0.2) is 0 Å². The van der Waals surface area contributed by atoms with Crippen molar-refractivity contribution in [2.24, 2.45) is 5.92 Å². The van der Waals surface area contributed by atoms with Crippen molar-refractivity contribution in [3.63, 3.8) is 0 Å². The molecule has 0 saturated carbocycles. The van der Waals surface area contributed by atoms with Crippen LogP contribution < -0.4 is 0 Å². The molecule has 1 fully saturated rings. The van der Waals surface area contributed by atoms with Crippen LogP contribution in [0.2, 0.25) is 5.02 Å². The van der Waals surface area contributed by atoms with E-state index in [1.54, 1.807) is 29.2 Å². The molecule has 1 atom stereocenters. The molecular weight excluding hydrogens is 312 g/mol. The molecule has 0 aromatic heterocycles. The van der Waals surface area contributed by atoms with Crippen LogP contribution in [-0.2, 0) is 4.79 Å². The molecule has 1 heterocycles. The van der Waals surface area contributed by atoms with Gasteiger partial charge in [-0.05, 0) is 43.5 Å². The first-order valence-electron chi connectivity index (χ1n) is 8.32. The predicted octanol–water partition coefficient (Wildman–Crippen LogP) is 3.45. The van der Waals surface area contributed by atoms with Gasteiger partial charge in [0.2, 0.25) is 5.91 Å². The summed E-state index contributed by atoms with van der Waals surface area (Å²) in [4.78, 5) is 28.7. The lowest BCUT2D eigenvalue weighted by atomic mass is 9.96. The molecule has 2 amide bonds. The lowest BCUT2D eigenvalue weighted by Gasteiger charge is -2.34. The highest BCUT2D eigenvalue weighted by Crippen LogP contribution is 2.21. The minimum Gasteiger partial charge on any atom is -0.345 e. The van der Waals surface area contributed by atoms with E-state index in [2.05, 4.69) is 6.92 Å². The first-order valence-corrected chi connectivity index (χ1v) is 8.70. The lowest BCUT2D eigenvalue weighted by Crippen LogP contribution is -2.46. The number of hydrogen-bond donors (Lipinski definition) is 0. The molecule has 4 nitrogen and oxygen atoms in total. The monoisotopic (exact) mass is 336 g/mol. The number of likely N-dealkylation sites (tertiary alicyclic amines) is 1. The van der Waals surface area contributed by atoms with E-state index in [0.717, 1.165) is 32.2 Å². The first kappa shape index (κ1) is 17.8. The number of rotatable bonds is 5. The van der Waals surface area contributed by atoms with E-state index >= 15 is 0 Å². The zero-order valence-electron chi connectivity index (χ0n) is 13.9. The number of hydrogen-bond acceptors (Lipinski definition) is 2. The number of carbonyl (C=O) groups is 2. The fourth-order valence-electron chi connectivity index (χ4n) is 2.96. The van der Waals surface area contributed by atoms with Gasteiger partial charge in [-0.1, -0.05) is 24.9 Å². The second kappa shape index (κ2) is 8.34. The minimum absolute atomic E-state index is 0.0182. The molecule has 5 heteroatoms. The van der Waals surface area contributed by atoms with Crippen LogP contribution in [0.1, 0.15) is 43.0 Å². The van der Waals surface area contributed by atoms with Gasteiger partial charge in [-0.3, -0.25) is 9.59 Å². The average Bonchev–Trinajstić information content (AvgIpc) is 2.59. The van der Waals surface area contributed by atoms with E-state index in [-0.39, 0.29) is 17.7 Å². The molecule has 0 spiro atoms. The quantitative estimate of drug-likeness (QED) is 0.826. The van der Waals surface area contributed by atoms with Gasteiger partial charge < -0.3 is 9.80 Å². The van der Waals surface area contributed by atoms with E-state index in [9.17, 15) is 9.59 Å². The largest absolute Gasteiger partial charge is 0.345 e. The van der Waals surface area contributed by atoms with Crippen LogP contribution in [0.4, 0.5) is 0 Å². The van der Waals surface area contributed by atoms with Gasteiger partial charge in [0.1, 0.15) is 0 Å². The highest BCUT2D eigenvalue weighted by atomic mass is 35.5. The van der Waals surface area contributed by atoms with Crippen molar-refractivity contribution in [2.75, 3.05) is 26.7 Å². The summed E-state index contributed by atoms with van der Waals surface area (Å²) in [5.41, 5.74) is 0.627. The van der Waals surface area contributed by atoms with Gasteiger partial charge in [0.05, 0.1) is 5.92 Å². The zero-order valence-corrected chi connectivity index (χ0v) is 14.7. The summed E-state index contributed by atoms with van der Waals surface area (Å²) in [6.45, 7) is 4.13. The Balaban J connectivity index is 1.98. The van der Waals surface area contributed by atoms with Crippen LogP contribution in [0.5, 0.6) is 0 Å². The van der Waals surface area contributed by atoms with Crippen molar-refractivity contribution in [3.8, 4) is 0 Å². The molecule has 1 saturated heterocycles. The summed E-state index contributed by atoms with van der Waals surface area (Å²) >= 11 is 5.87. The summed E-state index contributed by atoms with van der Waals surface area (Å²) in [5.74, 6) is 0.0595. The average molecular weight is 337 g/mol. The van der Waals surface area contributed by atoms with Gasteiger partial charge in [-0.15, -0.1) is 0 Å². The Bertz CT molecular complexity index is 544. The Morgan fingerprint density at radius 3 is 2.65 bits per heavy atom. The SMILES string of the molecule is CCCCN(C)C(=O)C1CCCN(C(=O)c2ccc(Cl)cc2)C1. The lowest BCUT2D eigenvalue weighted by molar-refractivity contribution is -0.135. The second-order valence-corrected chi connectivity index (χ2v) is 6.65. The minimum atomic E-state index is -0.0816. The molecule has 0 bridgehead atoms. The summed E-state index contributed by atoms with van der Waals surface area (Å²) in [6, 6.07) is 6.92. The number of benzene rings is 1. The molecule has 23 heavy (non-hydrogen) atoms. The molecule has 1 aliphatic rings. The third kappa shape index (κ3) is 4.71. The van der Waals surface area contributed by atoms with Gasteiger partial charge in [-0.2, -0.15) is 0 Å². The first-order chi connectivity index (χ1) is 11.0. The highest BCUT2D eigenvalue weighted by molar-refractivity contribution is 6.30. The third-order valence-electron chi connectivity index (χ3n) is 4.37. The molecule has 0 aliphatic carbocycles. The maximum atomic E-state index is 12.6. The summed E-state index contributed by atoms with van der Waals surface area (Å²) in [6.07, 6.45) is 3.82.